The summed E-state index contributed by atoms with van der Waals surface area (Å²) in [6.45, 7) is 6.35. The van der Waals surface area contributed by atoms with Crippen LogP contribution in [-0.2, 0) is 0 Å². The molecule has 0 saturated carbocycles. The van der Waals surface area contributed by atoms with Gasteiger partial charge in [-0.2, -0.15) is 0 Å². The summed E-state index contributed by atoms with van der Waals surface area (Å²) in [5.74, 6) is 1.18. The number of hydrogen-bond acceptors (Lipinski definition) is 3. The van der Waals surface area contributed by atoms with Gasteiger partial charge in [-0.3, -0.25) is 0 Å². The zero-order valence-electron chi connectivity index (χ0n) is 12.1. The number of likely N-dealkylation sites (tertiary alicyclic amines) is 1. The van der Waals surface area contributed by atoms with E-state index in [0.717, 1.165) is 0 Å². The van der Waals surface area contributed by atoms with Crippen LogP contribution in [0.3, 0.4) is 0 Å². The molecule has 3 heteroatoms. The van der Waals surface area contributed by atoms with E-state index in [4.69, 9.17) is 0 Å². The van der Waals surface area contributed by atoms with Gasteiger partial charge < -0.3 is 9.80 Å². The Morgan fingerprint density at radius 2 is 1.84 bits per heavy atom. The van der Waals surface area contributed by atoms with Gasteiger partial charge in [0.15, 0.2) is 0 Å². The lowest BCUT2D eigenvalue weighted by atomic mass is 10.3. The van der Waals surface area contributed by atoms with Crippen molar-refractivity contribution in [3.05, 3.63) is 30.3 Å². The van der Waals surface area contributed by atoms with Crippen molar-refractivity contribution >= 4 is 11.8 Å². The molecule has 0 aromatic heterocycles. The molecule has 1 aliphatic rings. The predicted molar refractivity (Wildman–Crippen MR) is 85.0 cm³/mol. The van der Waals surface area contributed by atoms with E-state index in [0.29, 0.717) is 0 Å². The molecule has 0 bridgehead atoms. The third-order valence-corrected chi connectivity index (χ3v) is 4.69. The van der Waals surface area contributed by atoms with E-state index in [1.165, 1.54) is 62.6 Å². The molecule has 0 atom stereocenters. The van der Waals surface area contributed by atoms with Crippen LogP contribution in [0.2, 0.25) is 0 Å². The highest BCUT2D eigenvalue weighted by Gasteiger charge is 2.10. The van der Waals surface area contributed by atoms with Gasteiger partial charge in [0.05, 0.1) is 0 Å². The molecule has 0 N–H and O–H groups in total. The molecule has 0 spiro atoms. The van der Waals surface area contributed by atoms with Crippen LogP contribution in [0, 0.1) is 0 Å². The van der Waals surface area contributed by atoms with E-state index < -0.39 is 0 Å². The smallest absolute Gasteiger partial charge is 0.0108 e. The molecule has 1 aliphatic heterocycles. The first-order valence-electron chi connectivity index (χ1n) is 7.43. The van der Waals surface area contributed by atoms with Crippen LogP contribution in [-0.4, -0.2) is 55.3 Å². The molecule has 2 rings (SSSR count). The Kier molecular flexibility index (Phi) is 6.75. The maximum absolute atomic E-state index is 2.60. The van der Waals surface area contributed by atoms with Crippen LogP contribution in [0.15, 0.2) is 35.2 Å². The molecule has 106 valence electrons. The zero-order chi connectivity index (χ0) is 13.3. The highest BCUT2D eigenvalue weighted by molar-refractivity contribution is 7.99. The van der Waals surface area contributed by atoms with Gasteiger partial charge in [0, 0.05) is 17.2 Å². The number of nitrogens with zero attached hydrogens (tertiary/aromatic N) is 2. The number of rotatable bonds is 8. The van der Waals surface area contributed by atoms with Crippen molar-refractivity contribution in [3.63, 3.8) is 0 Å². The van der Waals surface area contributed by atoms with Crippen molar-refractivity contribution in [3.8, 4) is 0 Å². The SMILES string of the molecule is CN(CCCN1CCCC1)CCSc1ccccc1. The molecule has 1 aromatic carbocycles. The Morgan fingerprint density at radius 3 is 2.58 bits per heavy atom. The van der Waals surface area contributed by atoms with Crippen LogP contribution in [0.1, 0.15) is 19.3 Å². The fourth-order valence-electron chi connectivity index (χ4n) is 2.52. The second-order valence-corrected chi connectivity index (χ2v) is 6.54. The Bertz CT molecular complexity index is 336. The van der Waals surface area contributed by atoms with Crippen molar-refractivity contribution in [2.24, 2.45) is 0 Å². The van der Waals surface area contributed by atoms with E-state index >= 15 is 0 Å². The van der Waals surface area contributed by atoms with E-state index in [2.05, 4.69) is 47.2 Å². The summed E-state index contributed by atoms with van der Waals surface area (Å²) < 4.78 is 0. The highest BCUT2D eigenvalue weighted by Crippen LogP contribution is 2.16. The molecule has 0 radical (unpaired) electrons. The third-order valence-electron chi connectivity index (χ3n) is 3.70. The molecule has 1 aromatic rings. The van der Waals surface area contributed by atoms with Gasteiger partial charge in [-0.1, -0.05) is 18.2 Å². The second kappa shape index (κ2) is 8.62. The van der Waals surface area contributed by atoms with Crippen LogP contribution < -0.4 is 0 Å². The van der Waals surface area contributed by atoms with Crippen LogP contribution in [0.4, 0.5) is 0 Å². The lowest BCUT2D eigenvalue weighted by Crippen LogP contribution is -2.27. The minimum absolute atomic E-state index is 1.18. The summed E-state index contributed by atoms with van der Waals surface area (Å²) in [4.78, 5) is 6.45. The van der Waals surface area contributed by atoms with Crippen LogP contribution >= 0.6 is 11.8 Å². The fourth-order valence-corrected chi connectivity index (χ4v) is 3.51. The lowest BCUT2D eigenvalue weighted by molar-refractivity contribution is 0.287. The molecular weight excluding hydrogens is 252 g/mol. The molecule has 0 unspecified atom stereocenters. The molecule has 2 nitrogen and oxygen atoms in total. The minimum atomic E-state index is 1.18. The zero-order valence-corrected chi connectivity index (χ0v) is 12.9. The van der Waals surface area contributed by atoms with E-state index in [-0.39, 0.29) is 0 Å². The Labute approximate surface area is 122 Å². The van der Waals surface area contributed by atoms with Gasteiger partial charge in [-0.05, 0) is 64.6 Å². The summed E-state index contributed by atoms with van der Waals surface area (Å²) in [6, 6.07) is 10.7. The molecule has 1 saturated heterocycles. The van der Waals surface area contributed by atoms with Crippen molar-refractivity contribution in [2.45, 2.75) is 24.2 Å². The molecule has 1 fully saturated rings. The average molecular weight is 278 g/mol. The summed E-state index contributed by atoms with van der Waals surface area (Å²) in [5.41, 5.74) is 0. The largest absolute Gasteiger partial charge is 0.305 e. The summed E-state index contributed by atoms with van der Waals surface area (Å²) >= 11 is 1.96. The molecule has 1 heterocycles. The predicted octanol–water partition coefficient (Wildman–Crippen LogP) is 3.20. The molecular formula is C16H26N2S. The summed E-state index contributed by atoms with van der Waals surface area (Å²) in [5, 5.41) is 0. The van der Waals surface area contributed by atoms with Gasteiger partial charge in [-0.15, -0.1) is 11.8 Å². The van der Waals surface area contributed by atoms with Crippen molar-refractivity contribution in [1.82, 2.24) is 9.80 Å². The second-order valence-electron chi connectivity index (χ2n) is 5.37. The third kappa shape index (κ3) is 5.98. The molecule has 19 heavy (non-hydrogen) atoms. The van der Waals surface area contributed by atoms with E-state index in [9.17, 15) is 0 Å². The Morgan fingerprint density at radius 1 is 1.11 bits per heavy atom. The Balaban J connectivity index is 1.51. The lowest BCUT2D eigenvalue weighted by Gasteiger charge is -2.19. The first-order chi connectivity index (χ1) is 9.34. The normalized spacial score (nSPS) is 16.3. The summed E-state index contributed by atoms with van der Waals surface area (Å²) in [7, 11) is 2.25. The maximum atomic E-state index is 2.60. The topological polar surface area (TPSA) is 6.48 Å². The number of thioether (sulfide) groups is 1. The van der Waals surface area contributed by atoms with Crippen LogP contribution in [0.25, 0.3) is 0 Å². The summed E-state index contributed by atoms with van der Waals surface area (Å²) in [6.07, 6.45) is 4.12. The molecule has 0 amide bonds. The van der Waals surface area contributed by atoms with Crippen molar-refractivity contribution in [1.29, 1.82) is 0 Å². The van der Waals surface area contributed by atoms with Gasteiger partial charge in [0.1, 0.15) is 0 Å². The molecule has 0 aliphatic carbocycles. The first-order valence-corrected chi connectivity index (χ1v) is 8.42. The standard InChI is InChI=1S/C16H26N2S/c1-17(10-7-13-18-11-5-6-12-18)14-15-19-16-8-3-2-4-9-16/h2-4,8-9H,5-7,10-15H2,1H3. The monoisotopic (exact) mass is 278 g/mol. The quantitative estimate of drug-likeness (QED) is 0.674. The van der Waals surface area contributed by atoms with Gasteiger partial charge in [-0.25, -0.2) is 0 Å². The van der Waals surface area contributed by atoms with Crippen molar-refractivity contribution < 1.29 is 0 Å². The maximum Gasteiger partial charge on any atom is 0.0108 e. The van der Waals surface area contributed by atoms with Crippen LogP contribution in [0.5, 0.6) is 0 Å². The highest BCUT2D eigenvalue weighted by atomic mass is 32.2. The van der Waals surface area contributed by atoms with E-state index in [1.54, 1.807) is 0 Å². The number of hydrogen-bond donors (Lipinski definition) is 0. The van der Waals surface area contributed by atoms with E-state index in [1.807, 2.05) is 11.8 Å². The fraction of sp³-hybridized carbons (Fsp3) is 0.625. The Hall–Kier alpha value is -0.510. The number of benzene rings is 1. The minimum Gasteiger partial charge on any atom is -0.305 e. The van der Waals surface area contributed by atoms with Crippen molar-refractivity contribution in [2.75, 3.05) is 45.5 Å². The first kappa shape index (κ1) is 14.9. The average Bonchev–Trinajstić information content (AvgIpc) is 2.93. The van der Waals surface area contributed by atoms with Gasteiger partial charge in [0.25, 0.3) is 0 Å². The van der Waals surface area contributed by atoms with Gasteiger partial charge >= 0.3 is 0 Å². The van der Waals surface area contributed by atoms with Gasteiger partial charge in [0.2, 0.25) is 0 Å².